The molecule has 0 radical (unpaired) electrons. The Hall–Kier alpha value is -2.57. The van der Waals surface area contributed by atoms with Gasteiger partial charge in [-0.2, -0.15) is 26.8 Å². The third-order valence-electron chi connectivity index (χ3n) is 5.96. The average Bonchev–Trinajstić information content (AvgIpc) is 3.27. The fraction of sp³-hybridized carbons (Fsp3) is 0.524. The van der Waals surface area contributed by atoms with E-state index in [9.17, 15) is 22.0 Å². The van der Waals surface area contributed by atoms with Crippen LogP contribution in [-0.4, -0.2) is 73.2 Å². The third-order valence-corrected chi connectivity index (χ3v) is 7.90. The first-order valence-electron chi connectivity index (χ1n) is 10.8. The summed E-state index contributed by atoms with van der Waals surface area (Å²) < 4.78 is 61.9. The topological polar surface area (TPSA) is 88.0 Å². The molecule has 1 saturated heterocycles. The normalized spacial score (nSPS) is 18.3. The summed E-state index contributed by atoms with van der Waals surface area (Å²) in [6.45, 7) is 1.16. The van der Waals surface area contributed by atoms with Gasteiger partial charge < -0.3 is 9.64 Å². The van der Waals surface area contributed by atoms with Crippen LogP contribution >= 0.6 is 0 Å². The van der Waals surface area contributed by atoms with Crippen molar-refractivity contribution in [2.75, 3.05) is 45.2 Å². The summed E-state index contributed by atoms with van der Waals surface area (Å²) in [6.07, 6.45) is 4.91. The number of ether oxygens (including phenoxy) is 1. The molecule has 12 heteroatoms. The molecule has 1 saturated carbocycles. The van der Waals surface area contributed by atoms with E-state index in [1.165, 1.54) is 24.6 Å². The van der Waals surface area contributed by atoms with Crippen molar-refractivity contribution in [1.82, 2.24) is 18.4 Å². The van der Waals surface area contributed by atoms with Gasteiger partial charge in [0, 0.05) is 46.3 Å². The Morgan fingerprint density at radius 3 is 2.21 bits per heavy atom. The van der Waals surface area contributed by atoms with Crippen LogP contribution in [0.2, 0.25) is 0 Å². The van der Waals surface area contributed by atoms with E-state index < -0.39 is 27.4 Å². The van der Waals surface area contributed by atoms with Crippen molar-refractivity contribution in [3.8, 4) is 11.4 Å². The zero-order valence-corrected chi connectivity index (χ0v) is 19.4. The SMILES string of the molecule is CN(C)S(=O)(=O)N1CCN(c2cnn(-c3cc(F)cc(F)c3)c(=O)c2OC2CCCC2)CC1. The minimum absolute atomic E-state index is 0.0396. The molecule has 0 atom stereocenters. The Bertz CT molecular complexity index is 1150. The van der Waals surface area contributed by atoms with Crippen molar-refractivity contribution < 1.29 is 21.9 Å². The van der Waals surface area contributed by atoms with Crippen LogP contribution in [0.15, 0.2) is 29.2 Å². The molecule has 0 spiro atoms. The number of piperazine rings is 1. The molecule has 180 valence electrons. The molecule has 2 heterocycles. The van der Waals surface area contributed by atoms with E-state index in [1.54, 1.807) is 0 Å². The maximum atomic E-state index is 13.8. The Balaban J connectivity index is 1.68. The number of hydrogen-bond donors (Lipinski definition) is 0. The Labute approximate surface area is 191 Å². The highest BCUT2D eigenvalue weighted by Gasteiger charge is 2.31. The number of anilines is 1. The number of nitrogens with zero attached hydrogens (tertiary/aromatic N) is 5. The summed E-state index contributed by atoms with van der Waals surface area (Å²) in [5, 5.41) is 4.15. The smallest absolute Gasteiger partial charge is 0.316 e. The lowest BCUT2D eigenvalue weighted by Crippen LogP contribution is -2.52. The second-order valence-electron chi connectivity index (χ2n) is 8.40. The van der Waals surface area contributed by atoms with E-state index >= 15 is 0 Å². The van der Waals surface area contributed by atoms with E-state index in [0.29, 0.717) is 18.8 Å². The minimum Gasteiger partial charge on any atom is -0.483 e. The summed E-state index contributed by atoms with van der Waals surface area (Å²) in [7, 11) is -0.577. The number of benzene rings is 1. The highest BCUT2D eigenvalue weighted by molar-refractivity contribution is 7.86. The lowest BCUT2D eigenvalue weighted by Gasteiger charge is -2.36. The number of halogens is 2. The van der Waals surface area contributed by atoms with Gasteiger partial charge in [-0.25, -0.2) is 8.78 Å². The fourth-order valence-electron chi connectivity index (χ4n) is 4.17. The summed E-state index contributed by atoms with van der Waals surface area (Å²) in [5.41, 5.74) is -0.211. The van der Waals surface area contributed by atoms with Crippen LogP contribution in [0.1, 0.15) is 25.7 Å². The second kappa shape index (κ2) is 9.35. The van der Waals surface area contributed by atoms with Gasteiger partial charge >= 0.3 is 5.56 Å². The van der Waals surface area contributed by atoms with Crippen molar-refractivity contribution in [2.24, 2.45) is 0 Å². The van der Waals surface area contributed by atoms with Crippen molar-refractivity contribution in [2.45, 2.75) is 31.8 Å². The van der Waals surface area contributed by atoms with E-state index in [0.717, 1.165) is 52.9 Å². The number of hydrogen-bond acceptors (Lipinski definition) is 6. The lowest BCUT2D eigenvalue weighted by atomic mass is 10.2. The van der Waals surface area contributed by atoms with Gasteiger partial charge in [0.2, 0.25) is 5.75 Å². The van der Waals surface area contributed by atoms with Crippen molar-refractivity contribution in [3.63, 3.8) is 0 Å². The molecule has 2 aliphatic rings. The van der Waals surface area contributed by atoms with Gasteiger partial charge in [0.1, 0.15) is 17.3 Å². The van der Waals surface area contributed by atoms with Crippen LogP contribution in [0.4, 0.5) is 14.5 Å². The molecule has 2 aromatic rings. The summed E-state index contributed by atoms with van der Waals surface area (Å²) in [6, 6.07) is 2.78. The van der Waals surface area contributed by atoms with E-state index in [-0.39, 0.29) is 30.6 Å². The summed E-state index contributed by atoms with van der Waals surface area (Å²) in [4.78, 5) is 15.2. The summed E-state index contributed by atoms with van der Waals surface area (Å²) in [5.74, 6) is -1.58. The molecule has 9 nitrogen and oxygen atoms in total. The monoisotopic (exact) mass is 483 g/mol. The van der Waals surface area contributed by atoms with Crippen LogP contribution in [0.5, 0.6) is 5.75 Å². The zero-order valence-electron chi connectivity index (χ0n) is 18.6. The predicted octanol–water partition coefficient (Wildman–Crippen LogP) is 1.76. The van der Waals surface area contributed by atoms with E-state index in [2.05, 4.69) is 5.10 Å². The third kappa shape index (κ3) is 4.87. The molecule has 1 aliphatic carbocycles. The van der Waals surface area contributed by atoms with Gasteiger partial charge in [-0.3, -0.25) is 4.79 Å². The molecule has 0 bridgehead atoms. The standard InChI is InChI=1S/C21H27F2N5O4S/c1-25(2)33(30,31)27-9-7-26(8-10-27)19-14-24-28(17-12-15(22)11-16(23)13-17)21(29)20(19)32-18-5-3-4-6-18/h11-14,18H,3-10H2,1-2H3. The first-order valence-corrected chi connectivity index (χ1v) is 12.2. The van der Waals surface area contributed by atoms with Gasteiger partial charge in [0.25, 0.3) is 10.2 Å². The molecule has 1 aliphatic heterocycles. The van der Waals surface area contributed by atoms with Gasteiger partial charge in [-0.15, -0.1) is 0 Å². The molecule has 2 fully saturated rings. The number of rotatable bonds is 6. The molecule has 1 aromatic carbocycles. The van der Waals surface area contributed by atoms with Crippen molar-refractivity contribution >= 4 is 15.9 Å². The van der Waals surface area contributed by atoms with Gasteiger partial charge in [0.15, 0.2) is 0 Å². The van der Waals surface area contributed by atoms with Crippen molar-refractivity contribution in [3.05, 3.63) is 46.4 Å². The maximum Gasteiger partial charge on any atom is 0.316 e. The molecule has 4 rings (SSSR count). The van der Waals surface area contributed by atoms with E-state index in [1.807, 2.05) is 4.90 Å². The minimum atomic E-state index is -3.54. The molecule has 0 unspecified atom stereocenters. The summed E-state index contributed by atoms with van der Waals surface area (Å²) >= 11 is 0. The van der Waals surface area contributed by atoms with Crippen molar-refractivity contribution in [1.29, 1.82) is 0 Å². The average molecular weight is 484 g/mol. The Morgan fingerprint density at radius 2 is 1.64 bits per heavy atom. The highest BCUT2D eigenvalue weighted by atomic mass is 32.2. The van der Waals surface area contributed by atoms with Gasteiger partial charge in [-0.05, 0) is 37.8 Å². The molecular weight excluding hydrogens is 456 g/mol. The molecule has 1 aromatic heterocycles. The molecular formula is C21H27F2N5O4S. The van der Waals surface area contributed by atoms with Gasteiger partial charge in [0.05, 0.1) is 18.0 Å². The highest BCUT2D eigenvalue weighted by Crippen LogP contribution is 2.30. The Morgan fingerprint density at radius 1 is 1.03 bits per heavy atom. The second-order valence-corrected chi connectivity index (χ2v) is 10.5. The van der Waals surface area contributed by atoms with Crippen LogP contribution in [-0.2, 0) is 10.2 Å². The Kier molecular flexibility index (Phi) is 6.68. The van der Waals surface area contributed by atoms with Crippen LogP contribution in [0.25, 0.3) is 5.69 Å². The maximum absolute atomic E-state index is 13.8. The van der Waals surface area contributed by atoms with Crippen LogP contribution in [0, 0.1) is 11.6 Å². The zero-order chi connectivity index (χ0) is 23.8. The number of aromatic nitrogens is 2. The van der Waals surface area contributed by atoms with Crippen LogP contribution in [0.3, 0.4) is 0 Å². The van der Waals surface area contributed by atoms with E-state index in [4.69, 9.17) is 4.74 Å². The quantitative estimate of drug-likeness (QED) is 0.622. The molecule has 0 N–H and O–H groups in total. The first kappa shape index (κ1) is 23.6. The molecule has 33 heavy (non-hydrogen) atoms. The largest absolute Gasteiger partial charge is 0.483 e. The van der Waals surface area contributed by atoms with Gasteiger partial charge in [-0.1, -0.05) is 0 Å². The fourth-order valence-corrected chi connectivity index (χ4v) is 5.26. The lowest BCUT2D eigenvalue weighted by molar-refractivity contribution is 0.205. The predicted molar refractivity (Wildman–Crippen MR) is 119 cm³/mol. The molecule has 0 amide bonds. The van der Waals surface area contributed by atoms with Crippen LogP contribution < -0.4 is 15.2 Å². The first-order chi connectivity index (χ1) is 15.7.